The summed E-state index contributed by atoms with van der Waals surface area (Å²) in [4.78, 5) is 0. The fourth-order valence-electron chi connectivity index (χ4n) is 0.0833. The minimum absolute atomic E-state index is 0.125. The lowest BCUT2D eigenvalue weighted by Gasteiger charge is -1.75. The van der Waals surface area contributed by atoms with Crippen LogP contribution < -0.4 is 5.32 Å². The van der Waals surface area contributed by atoms with Gasteiger partial charge in [-0.1, -0.05) is 13.2 Å². The Labute approximate surface area is 55.3 Å². The van der Waals surface area contributed by atoms with Crippen LogP contribution in [-0.2, 0) is 0 Å². The van der Waals surface area contributed by atoms with E-state index in [0.717, 1.165) is 0 Å². The molecule has 0 heterocycles. The van der Waals surface area contributed by atoms with Gasteiger partial charge in [0.25, 0.3) is 0 Å². The standard InChI is InChI=1S/C4H7N.C2H6O2/c1-3-5-4-2;3-1-2-4/h3-5H,1-2H2;3-4H,1-2H2. The molecule has 0 saturated carbocycles. The van der Waals surface area contributed by atoms with Gasteiger partial charge in [0.1, 0.15) is 0 Å². The van der Waals surface area contributed by atoms with Gasteiger partial charge in [0.05, 0.1) is 13.2 Å². The van der Waals surface area contributed by atoms with Crippen molar-refractivity contribution in [3.63, 3.8) is 0 Å². The molecule has 0 aromatic carbocycles. The molecule has 0 atom stereocenters. The lowest BCUT2D eigenvalue weighted by molar-refractivity contribution is 0.186. The molecular weight excluding hydrogens is 118 g/mol. The first-order valence-corrected chi connectivity index (χ1v) is 2.53. The highest BCUT2D eigenvalue weighted by molar-refractivity contribution is 4.72. The number of nitrogens with one attached hydrogen (secondary N) is 1. The van der Waals surface area contributed by atoms with Crippen LogP contribution in [0.25, 0.3) is 0 Å². The summed E-state index contributed by atoms with van der Waals surface area (Å²) in [5.74, 6) is 0. The van der Waals surface area contributed by atoms with Crippen molar-refractivity contribution in [2.45, 2.75) is 0 Å². The molecule has 0 fully saturated rings. The minimum Gasteiger partial charge on any atom is -0.394 e. The Balaban J connectivity index is 0. The van der Waals surface area contributed by atoms with Gasteiger partial charge < -0.3 is 15.5 Å². The molecule has 0 aromatic heterocycles. The summed E-state index contributed by atoms with van der Waals surface area (Å²) in [6.07, 6.45) is 3.12. The molecule has 54 valence electrons. The number of rotatable bonds is 3. The highest BCUT2D eigenvalue weighted by atomic mass is 16.3. The molecule has 3 N–H and O–H groups in total. The van der Waals surface area contributed by atoms with E-state index < -0.39 is 0 Å². The van der Waals surface area contributed by atoms with Crippen molar-refractivity contribution in [3.05, 3.63) is 25.6 Å². The van der Waals surface area contributed by atoms with E-state index in [0.29, 0.717) is 0 Å². The molecule has 0 unspecified atom stereocenters. The van der Waals surface area contributed by atoms with Crippen LogP contribution in [0.3, 0.4) is 0 Å². The van der Waals surface area contributed by atoms with Crippen LogP contribution >= 0.6 is 0 Å². The molecule has 3 nitrogen and oxygen atoms in total. The van der Waals surface area contributed by atoms with Crippen LogP contribution in [0.2, 0.25) is 0 Å². The fourth-order valence-corrected chi connectivity index (χ4v) is 0.0833. The monoisotopic (exact) mass is 131 g/mol. The topological polar surface area (TPSA) is 52.5 Å². The third-order valence-electron chi connectivity index (χ3n) is 0.336. The molecular formula is C6H13NO2. The van der Waals surface area contributed by atoms with Crippen LogP contribution in [0.4, 0.5) is 0 Å². The van der Waals surface area contributed by atoms with Gasteiger partial charge in [-0.15, -0.1) is 0 Å². The zero-order valence-corrected chi connectivity index (χ0v) is 5.38. The third-order valence-corrected chi connectivity index (χ3v) is 0.336. The lowest BCUT2D eigenvalue weighted by atomic mass is 10.8. The molecule has 0 radical (unpaired) electrons. The summed E-state index contributed by atoms with van der Waals surface area (Å²) in [5.41, 5.74) is 0. The highest BCUT2D eigenvalue weighted by Crippen LogP contribution is 1.46. The van der Waals surface area contributed by atoms with Gasteiger partial charge in [-0.3, -0.25) is 0 Å². The average Bonchev–Trinajstić information content (AvgIpc) is 1.91. The highest BCUT2D eigenvalue weighted by Gasteiger charge is 1.58. The van der Waals surface area contributed by atoms with Gasteiger partial charge in [-0.2, -0.15) is 0 Å². The first-order valence-electron chi connectivity index (χ1n) is 2.53. The fraction of sp³-hybridized carbons (Fsp3) is 0.333. The third kappa shape index (κ3) is 40.2. The van der Waals surface area contributed by atoms with Crippen molar-refractivity contribution >= 4 is 0 Å². The Morgan fingerprint density at radius 3 is 1.44 bits per heavy atom. The summed E-state index contributed by atoms with van der Waals surface area (Å²) in [5, 5.41) is 17.9. The van der Waals surface area contributed by atoms with Gasteiger partial charge in [0, 0.05) is 0 Å². The number of hydrogen-bond acceptors (Lipinski definition) is 3. The van der Waals surface area contributed by atoms with Gasteiger partial charge in [-0.05, 0) is 12.4 Å². The summed E-state index contributed by atoms with van der Waals surface area (Å²) < 4.78 is 0. The number of aliphatic hydroxyl groups excluding tert-OH is 2. The first-order chi connectivity index (χ1) is 4.33. The van der Waals surface area contributed by atoms with Crippen molar-refractivity contribution in [1.29, 1.82) is 0 Å². The molecule has 0 aromatic rings. The molecule has 0 spiro atoms. The van der Waals surface area contributed by atoms with Crippen molar-refractivity contribution in [1.82, 2.24) is 5.32 Å². The second-order valence-corrected chi connectivity index (χ2v) is 1.02. The number of aliphatic hydroxyl groups is 2. The maximum Gasteiger partial charge on any atom is 0.0662 e. The largest absolute Gasteiger partial charge is 0.394 e. The first kappa shape index (κ1) is 11.1. The Hall–Kier alpha value is -0.800. The SMILES string of the molecule is C=CNC=C.OCCO. The predicted octanol–water partition coefficient (Wildman–Crippen LogP) is -0.166. The van der Waals surface area contributed by atoms with Gasteiger partial charge in [0.2, 0.25) is 0 Å². The van der Waals surface area contributed by atoms with Gasteiger partial charge in [0.15, 0.2) is 0 Å². The molecule has 0 rings (SSSR count). The Kier molecular flexibility index (Phi) is 19.3. The van der Waals surface area contributed by atoms with Crippen molar-refractivity contribution in [2.24, 2.45) is 0 Å². The van der Waals surface area contributed by atoms with Gasteiger partial charge in [-0.25, -0.2) is 0 Å². The average molecular weight is 131 g/mol. The van der Waals surface area contributed by atoms with Crippen molar-refractivity contribution in [3.8, 4) is 0 Å². The van der Waals surface area contributed by atoms with Crippen LogP contribution in [-0.4, -0.2) is 23.4 Å². The minimum atomic E-state index is -0.125. The molecule has 0 saturated heterocycles. The lowest BCUT2D eigenvalue weighted by Crippen LogP contribution is -1.85. The molecule has 0 aliphatic carbocycles. The van der Waals surface area contributed by atoms with Crippen LogP contribution in [0.1, 0.15) is 0 Å². The van der Waals surface area contributed by atoms with Crippen molar-refractivity contribution < 1.29 is 10.2 Å². The maximum absolute atomic E-state index is 7.62. The summed E-state index contributed by atoms with van der Waals surface area (Å²) in [6.45, 7) is 6.49. The van der Waals surface area contributed by atoms with Crippen molar-refractivity contribution in [2.75, 3.05) is 13.2 Å². The molecule has 3 heteroatoms. The molecule has 9 heavy (non-hydrogen) atoms. The molecule has 0 bridgehead atoms. The predicted molar refractivity (Wildman–Crippen MR) is 37.7 cm³/mol. The normalized spacial score (nSPS) is 6.44. The van der Waals surface area contributed by atoms with Crippen LogP contribution in [0.15, 0.2) is 25.6 Å². The Bertz CT molecular complexity index is 56.1. The van der Waals surface area contributed by atoms with E-state index in [-0.39, 0.29) is 13.2 Å². The van der Waals surface area contributed by atoms with Gasteiger partial charge >= 0.3 is 0 Å². The summed E-state index contributed by atoms with van der Waals surface area (Å²) in [7, 11) is 0. The van der Waals surface area contributed by atoms with E-state index in [1.165, 1.54) is 0 Å². The van der Waals surface area contributed by atoms with E-state index in [9.17, 15) is 0 Å². The zero-order valence-electron chi connectivity index (χ0n) is 5.38. The second kappa shape index (κ2) is 15.7. The molecule has 0 aliphatic rings. The smallest absolute Gasteiger partial charge is 0.0662 e. The number of hydrogen-bond donors (Lipinski definition) is 3. The van der Waals surface area contributed by atoms with E-state index >= 15 is 0 Å². The summed E-state index contributed by atoms with van der Waals surface area (Å²) >= 11 is 0. The quantitative estimate of drug-likeness (QED) is 0.498. The Morgan fingerprint density at radius 2 is 1.44 bits per heavy atom. The Morgan fingerprint density at radius 1 is 1.11 bits per heavy atom. The van der Waals surface area contributed by atoms with E-state index in [2.05, 4.69) is 18.5 Å². The van der Waals surface area contributed by atoms with E-state index in [4.69, 9.17) is 10.2 Å². The van der Waals surface area contributed by atoms with Crippen LogP contribution in [0, 0.1) is 0 Å². The van der Waals surface area contributed by atoms with E-state index in [1.54, 1.807) is 12.4 Å². The second-order valence-electron chi connectivity index (χ2n) is 1.02. The summed E-state index contributed by atoms with van der Waals surface area (Å²) in [6, 6.07) is 0. The van der Waals surface area contributed by atoms with E-state index in [1.807, 2.05) is 0 Å². The zero-order chi connectivity index (χ0) is 7.54. The maximum atomic E-state index is 7.62. The molecule has 0 aliphatic heterocycles. The molecule has 0 amide bonds. The van der Waals surface area contributed by atoms with Crippen LogP contribution in [0.5, 0.6) is 0 Å².